The van der Waals surface area contributed by atoms with Crippen molar-refractivity contribution in [3.8, 4) is 0 Å². The summed E-state index contributed by atoms with van der Waals surface area (Å²) in [6.07, 6.45) is 4.95. The quantitative estimate of drug-likeness (QED) is 0.758. The van der Waals surface area contributed by atoms with Gasteiger partial charge in [0.05, 0.1) is 13.1 Å². The van der Waals surface area contributed by atoms with Crippen molar-refractivity contribution in [2.75, 3.05) is 13.1 Å². The Morgan fingerprint density at radius 3 is 2.08 bits per heavy atom. The molecule has 2 N–H and O–H groups in total. The summed E-state index contributed by atoms with van der Waals surface area (Å²) in [6.45, 7) is -0.349. The normalized spacial score (nSPS) is 40.7. The predicted molar refractivity (Wildman–Crippen MR) is 93.0 cm³/mol. The number of amides is 3. The van der Waals surface area contributed by atoms with Crippen LogP contribution in [0.2, 0.25) is 0 Å². The Balaban J connectivity index is 1.54. The van der Waals surface area contributed by atoms with E-state index in [0.29, 0.717) is 17.8 Å². The maximum Gasteiger partial charge on any atom is 0.242 e. The van der Waals surface area contributed by atoms with Crippen molar-refractivity contribution in [3.05, 3.63) is 0 Å². The van der Waals surface area contributed by atoms with Crippen molar-refractivity contribution in [1.82, 2.24) is 9.80 Å². The van der Waals surface area contributed by atoms with Crippen LogP contribution >= 0.6 is 0 Å². The molecule has 4 bridgehead atoms. The Morgan fingerprint density at radius 2 is 1.62 bits per heavy atom. The Hall–Kier alpha value is -1.60. The number of nitrogens with zero attached hydrogens (tertiary/aromatic N) is 2. The SMILES string of the molecule is [B]C(=O)N(CC(=O)N1CC(F)C[C@H]1C(N)=O)C12CC3CC(CC(C3)C1)C2. The second-order valence-electron chi connectivity index (χ2n) is 8.86. The molecule has 0 aromatic carbocycles. The third-order valence-electron chi connectivity index (χ3n) is 7.04. The molecule has 1 aliphatic heterocycles. The van der Waals surface area contributed by atoms with Crippen molar-refractivity contribution >= 4 is 25.5 Å². The van der Waals surface area contributed by atoms with Crippen molar-refractivity contribution < 1.29 is 18.8 Å². The summed E-state index contributed by atoms with van der Waals surface area (Å²) < 4.78 is 13.7. The third kappa shape index (κ3) is 2.91. The molecular weight excluding hydrogens is 336 g/mol. The highest BCUT2D eigenvalue weighted by Gasteiger charge is 2.54. The standard InChI is InChI=1S/C18H25BFN3O3/c19-17(26)23(9-15(24)22-8-13(20)4-14(22)16(21)25)18-5-10-1-11(6-18)3-12(2-10)7-18/h10-14H,1-9H2,(H2,21,25)/t10?,11?,12?,13?,14-,18?/m0/s1. The predicted octanol–water partition coefficient (Wildman–Crippen LogP) is 0.970. The molecule has 6 nitrogen and oxygen atoms in total. The zero-order valence-corrected chi connectivity index (χ0v) is 14.9. The second-order valence-corrected chi connectivity index (χ2v) is 8.86. The summed E-state index contributed by atoms with van der Waals surface area (Å²) in [5.74, 6) is 0.0325. The van der Waals surface area contributed by atoms with Crippen LogP contribution < -0.4 is 5.73 Å². The highest BCUT2D eigenvalue weighted by atomic mass is 19.1. The smallest absolute Gasteiger partial charge is 0.242 e. The lowest BCUT2D eigenvalue weighted by molar-refractivity contribution is -0.141. The van der Waals surface area contributed by atoms with Crippen LogP contribution in [-0.4, -0.2) is 66.1 Å². The molecule has 0 spiro atoms. The lowest BCUT2D eigenvalue weighted by Crippen LogP contribution is -2.63. The summed E-state index contributed by atoms with van der Waals surface area (Å²) in [5.41, 5.74) is 4.97. The zero-order chi connectivity index (χ0) is 18.6. The van der Waals surface area contributed by atoms with Crippen molar-refractivity contribution in [2.24, 2.45) is 23.5 Å². The fourth-order valence-electron chi connectivity index (χ4n) is 6.43. The summed E-state index contributed by atoms with van der Waals surface area (Å²) in [7, 11) is 5.68. The highest BCUT2D eigenvalue weighted by molar-refractivity contribution is 6.57. The van der Waals surface area contributed by atoms with E-state index in [1.165, 1.54) is 29.1 Å². The molecule has 26 heavy (non-hydrogen) atoms. The number of halogens is 1. The second kappa shape index (κ2) is 6.24. The van der Waals surface area contributed by atoms with Gasteiger partial charge in [0, 0.05) is 12.0 Å². The number of nitrogens with two attached hydrogens (primary N) is 1. The number of carbonyl (C=O) groups is 3. The Morgan fingerprint density at radius 1 is 1.08 bits per heavy atom. The summed E-state index contributed by atoms with van der Waals surface area (Å²) in [5, 5.41) is 0. The average molecular weight is 361 g/mol. The number of carbonyl (C=O) groups excluding carboxylic acids is 3. The Bertz CT molecular complexity index is 608. The van der Waals surface area contributed by atoms with Gasteiger partial charge < -0.3 is 15.5 Å². The number of primary amides is 1. The van der Waals surface area contributed by atoms with E-state index in [4.69, 9.17) is 13.6 Å². The minimum Gasteiger partial charge on any atom is -0.368 e. The third-order valence-corrected chi connectivity index (χ3v) is 7.04. The van der Waals surface area contributed by atoms with Gasteiger partial charge in [-0.2, -0.15) is 0 Å². The molecule has 8 heteroatoms. The van der Waals surface area contributed by atoms with Gasteiger partial charge in [0.1, 0.15) is 12.2 Å². The minimum atomic E-state index is -1.27. The van der Waals surface area contributed by atoms with Gasteiger partial charge in [-0.25, -0.2) is 4.39 Å². The molecule has 3 amide bonds. The number of likely N-dealkylation sites (tertiary alicyclic amines) is 1. The van der Waals surface area contributed by atoms with E-state index in [9.17, 15) is 18.8 Å². The molecule has 4 aliphatic carbocycles. The monoisotopic (exact) mass is 361 g/mol. The van der Waals surface area contributed by atoms with Crippen LogP contribution in [0.4, 0.5) is 9.18 Å². The molecule has 4 saturated carbocycles. The summed E-state index contributed by atoms with van der Waals surface area (Å²) in [6, 6.07) is -0.941. The first-order chi connectivity index (χ1) is 12.3. The largest absolute Gasteiger partial charge is 0.368 e. The molecule has 5 aliphatic rings. The fourth-order valence-corrected chi connectivity index (χ4v) is 6.43. The van der Waals surface area contributed by atoms with Gasteiger partial charge in [-0.1, -0.05) is 0 Å². The van der Waals surface area contributed by atoms with Crippen molar-refractivity contribution in [3.63, 3.8) is 0 Å². The van der Waals surface area contributed by atoms with Crippen LogP contribution in [0.3, 0.4) is 0 Å². The molecule has 5 rings (SSSR count). The van der Waals surface area contributed by atoms with Gasteiger partial charge in [0.25, 0.3) is 0 Å². The van der Waals surface area contributed by atoms with E-state index in [-0.39, 0.29) is 25.0 Å². The zero-order valence-electron chi connectivity index (χ0n) is 14.9. The van der Waals surface area contributed by atoms with E-state index in [2.05, 4.69) is 0 Å². The van der Waals surface area contributed by atoms with Gasteiger partial charge in [-0.3, -0.25) is 14.4 Å². The van der Waals surface area contributed by atoms with Crippen LogP contribution in [-0.2, 0) is 9.59 Å². The maximum atomic E-state index is 13.7. The van der Waals surface area contributed by atoms with E-state index >= 15 is 0 Å². The number of hydrogen-bond acceptors (Lipinski definition) is 3. The Kier molecular flexibility index (Phi) is 4.27. The molecular formula is C18H25BFN3O3. The van der Waals surface area contributed by atoms with Crippen LogP contribution in [0.5, 0.6) is 0 Å². The van der Waals surface area contributed by atoms with Crippen LogP contribution in [0, 0.1) is 17.8 Å². The van der Waals surface area contributed by atoms with Gasteiger partial charge in [0.15, 0.2) is 5.81 Å². The van der Waals surface area contributed by atoms with E-state index in [1.807, 2.05) is 0 Å². The average Bonchev–Trinajstić information content (AvgIpc) is 2.93. The van der Waals surface area contributed by atoms with Gasteiger partial charge in [0.2, 0.25) is 19.7 Å². The summed E-state index contributed by atoms with van der Waals surface area (Å²) >= 11 is 0. The van der Waals surface area contributed by atoms with E-state index in [0.717, 1.165) is 19.3 Å². The van der Waals surface area contributed by atoms with Gasteiger partial charge >= 0.3 is 0 Å². The molecule has 2 atom stereocenters. The first kappa shape index (κ1) is 17.8. The lowest BCUT2D eigenvalue weighted by Gasteiger charge is -2.60. The van der Waals surface area contributed by atoms with Gasteiger partial charge in [-0.15, -0.1) is 0 Å². The van der Waals surface area contributed by atoms with E-state index < -0.39 is 29.8 Å². The van der Waals surface area contributed by atoms with Crippen LogP contribution in [0.1, 0.15) is 44.9 Å². The minimum absolute atomic E-state index is 0.0744. The topological polar surface area (TPSA) is 83.7 Å². The van der Waals surface area contributed by atoms with Gasteiger partial charge in [-0.05, 0) is 56.3 Å². The first-order valence-corrected chi connectivity index (χ1v) is 9.57. The first-order valence-electron chi connectivity index (χ1n) is 9.57. The number of alkyl halides is 1. The number of hydrogen-bond donors (Lipinski definition) is 1. The maximum absolute atomic E-state index is 13.7. The highest BCUT2D eigenvalue weighted by Crippen LogP contribution is 2.57. The van der Waals surface area contributed by atoms with Crippen LogP contribution in [0.25, 0.3) is 0 Å². The Labute approximate surface area is 154 Å². The van der Waals surface area contributed by atoms with E-state index in [1.54, 1.807) is 0 Å². The van der Waals surface area contributed by atoms with Crippen molar-refractivity contribution in [2.45, 2.75) is 62.7 Å². The molecule has 1 heterocycles. The van der Waals surface area contributed by atoms with Crippen molar-refractivity contribution in [1.29, 1.82) is 0 Å². The molecule has 1 saturated heterocycles. The lowest BCUT2D eigenvalue weighted by atomic mass is 9.52. The molecule has 5 fully saturated rings. The molecule has 140 valence electrons. The van der Waals surface area contributed by atoms with Crippen LogP contribution in [0.15, 0.2) is 0 Å². The fraction of sp³-hybridized carbons (Fsp3) is 0.833. The molecule has 2 radical (unpaired) electrons. The summed E-state index contributed by atoms with van der Waals surface area (Å²) in [4.78, 5) is 39.3. The molecule has 1 unspecified atom stereocenters. The molecule has 0 aromatic rings. The molecule has 0 aromatic heterocycles. The number of rotatable bonds is 4.